The first-order chi connectivity index (χ1) is 9.93. The fraction of sp³-hybridized carbons (Fsp3) is 0.278. The van der Waals surface area contributed by atoms with Crippen LogP contribution in [0.25, 0.3) is 0 Å². The number of benzene rings is 2. The van der Waals surface area contributed by atoms with Gasteiger partial charge in [-0.3, -0.25) is 4.79 Å². The van der Waals surface area contributed by atoms with Crippen molar-refractivity contribution in [1.82, 2.24) is 0 Å². The lowest BCUT2D eigenvalue weighted by atomic mass is 10.1. The van der Waals surface area contributed by atoms with Gasteiger partial charge in [-0.25, -0.2) is 4.39 Å². The molecule has 0 heterocycles. The van der Waals surface area contributed by atoms with Gasteiger partial charge in [0.2, 0.25) is 5.91 Å². The van der Waals surface area contributed by atoms with Crippen LogP contribution in [0, 0.1) is 19.7 Å². The molecule has 0 aliphatic carbocycles. The molecule has 1 amide bonds. The highest BCUT2D eigenvalue weighted by molar-refractivity contribution is 5.88. The highest BCUT2D eigenvalue weighted by Crippen LogP contribution is 2.11. The second-order valence-electron chi connectivity index (χ2n) is 4.95. The number of nitrogens with one attached hydrogen (secondary N) is 1. The number of amides is 1. The van der Waals surface area contributed by atoms with E-state index in [1.165, 1.54) is 6.92 Å². The van der Waals surface area contributed by atoms with Gasteiger partial charge in [0.05, 0.1) is 0 Å². The van der Waals surface area contributed by atoms with E-state index < -0.39 is 0 Å². The molecule has 0 atom stereocenters. The second-order valence-corrected chi connectivity index (χ2v) is 4.95. The molecule has 0 saturated heterocycles. The van der Waals surface area contributed by atoms with E-state index in [-0.39, 0.29) is 11.7 Å². The number of aryl methyl sites for hydroxylation is 3. The molecule has 2 aromatic carbocycles. The van der Waals surface area contributed by atoms with Gasteiger partial charge in [-0.1, -0.05) is 37.3 Å². The van der Waals surface area contributed by atoms with Gasteiger partial charge in [0.1, 0.15) is 5.82 Å². The van der Waals surface area contributed by atoms with E-state index in [9.17, 15) is 9.18 Å². The minimum Gasteiger partial charge on any atom is -0.326 e. The van der Waals surface area contributed by atoms with Crippen molar-refractivity contribution in [2.75, 3.05) is 5.32 Å². The van der Waals surface area contributed by atoms with Crippen molar-refractivity contribution < 1.29 is 9.18 Å². The van der Waals surface area contributed by atoms with Crippen molar-refractivity contribution >= 4 is 11.6 Å². The summed E-state index contributed by atoms with van der Waals surface area (Å²) in [6.07, 6.45) is 0.771. The Hall–Kier alpha value is -2.16. The molecule has 21 heavy (non-hydrogen) atoms. The summed E-state index contributed by atoms with van der Waals surface area (Å²) in [5, 5.41) is 2.71. The summed E-state index contributed by atoms with van der Waals surface area (Å²) in [6.45, 7) is 7.24. The lowest BCUT2D eigenvalue weighted by Gasteiger charge is -2.01. The molecule has 2 rings (SSSR count). The summed E-state index contributed by atoms with van der Waals surface area (Å²) < 4.78 is 13.0. The first-order valence-corrected chi connectivity index (χ1v) is 7.02. The normalized spacial score (nSPS) is 9.57. The van der Waals surface area contributed by atoms with Gasteiger partial charge in [0.25, 0.3) is 0 Å². The Balaban J connectivity index is 0.000000211. The van der Waals surface area contributed by atoms with Crippen LogP contribution in [0.15, 0.2) is 42.5 Å². The first kappa shape index (κ1) is 16.9. The fourth-order valence-corrected chi connectivity index (χ4v) is 1.91. The van der Waals surface area contributed by atoms with Gasteiger partial charge >= 0.3 is 0 Å². The largest absolute Gasteiger partial charge is 0.326 e. The number of anilines is 1. The van der Waals surface area contributed by atoms with Crippen LogP contribution < -0.4 is 5.32 Å². The van der Waals surface area contributed by atoms with E-state index in [0.717, 1.165) is 28.8 Å². The molecule has 0 spiro atoms. The predicted molar refractivity (Wildman–Crippen MR) is 86.0 cm³/mol. The molecule has 0 aliphatic heterocycles. The zero-order valence-electron chi connectivity index (χ0n) is 13.0. The molecule has 2 aromatic rings. The van der Waals surface area contributed by atoms with Crippen LogP contribution in [-0.2, 0) is 11.2 Å². The predicted octanol–water partition coefficient (Wildman–Crippen LogP) is 4.65. The van der Waals surface area contributed by atoms with Crippen LogP contribution in [0.1, 0.15) is 30.5 Å². The average molecular weight is 287 g/mol. The maximum atomic E-state index is 13.0. The molecule has 0 radical (unpaired) electrons. The molecule has 0 fully saturated rings. The number of hydrogen-bond acceptors (Lipinski definition) is 1. The standard InChI is InChI=1S/C9H11F.C9H11NO/c1-3-8-6-4-5-7(2)9(8)10;1-7-4-3-5-9(6-7)10-8(2)11/h4-6H,3H2,1-2H3;3-6H,1-2H3,(H,10,11). The molecular weight excluding hydrogens is 265 g/mol. The van der Waals surface area contributed by atoms with E-state index in [2.05, 4.69) is 5.32 Å². The Bertz CT molecular complexity index is 608. The molecule has 112 valence electrons. The summed E-state index contributed by atoms with van der Waals surface area (Å²) >= 11 is 0. The summed E-state index contributed by atoms with van der Waals surface area (Å²) in [4.78, 5) is 10.6. The Morgan fingerprint density at radius 1 is 1.14 bits per heavy atom. The second kappa shape index (κ2) is 8.20. The summed E-state index contributed by atoms with van der Waals surface area (Å²) in [5.74, 6) is -0.0828. The Labute approximate surface area is 126 Å². The van der Waals surface area contributed by atoms with Crippen LogP contribution in [0.2, 0.25) is 0 Å². The van der Waals surface area contributed by atoms with Crippen LogP contribution in [0.3, 0.4) is 0 Å². The van der Waals surface area contributed by atoms with Gasteiger partial charge < -0.3 is 5.32 Å². The molecule has 0 bridgehead atoms. The van der Waals surface area contributed by atoms with Gasteiger partial charge in [-0.2, -0.15) is 0 Å². The quantitative estimate of drug-likeness (QED) is 0.856. The maximum absolute atomic E-state index is 13.0. The molecule has 0 aliphatic rings. The third-order valence-electron chi connectivity index (χ3n) is 2.99. The fourth-order valence-electron chi connectivity index (χ4n) is 1.91. The molecule has 0 unspecified atom stereocenters. The average Bonchev–Trinajstić information content (AvgIpc) is 2.42. The minimum atomic E-state index is -0.0509. The van der Waals surface area contributed by atoms with Crippen LogP contribution in [0.4, 0.5) is 10.1 Å². The smallest absolute Gasteiger partial charge is 0.221 e. The number of carbonyl (C=O) groups is 1. The number of hydrogen-bond donors (Lipinski definition) is 1. The topological polar surface area (TPSA) is 29.1 Å². The van der Waals surface area contributed by atoms with E-state index in [1.807, 2.05) is 50.2 Å². The van der Waals surface area contributed by atoms with Gasteiger partial charge in [-0.15, -0.1) is 0 Å². The molecule has 3 heteroatoms. The lowest BCUT2D eigenvalue weighted by molar-refractivity contribution is -0.114. The van der Waals surface area contributed by atoms with E-state index in [1.54, 1.807) is 13.0 Å². The summed E-state index contributed by atoms with van der Waals surface area (Å²) in [7, 11) is 0. The summed E-state index contributed by atoms with van der Waals surface area (Å²) in [5.41, 5.74) is 3.55. The number of halogens is 1. The lowest BCUT2D eigenvalue weighted by Crippen LogP contribution is -2.05. The highest BCUT2D eigenvalue weighted by atomic mass is 19.1. The van der Waals surface area contributed by atoms with E-state index in [4.69, 9.17) is 0 Å². The molecular formula is C18H22FNO. The van der Waals surface area contributed by atoms with Gasteiger partial charge in [-0.05, 0) is 49.1 Å². The zero-order chi connectivity index (χ0) is 15.8. The van der Waals surface area contributed by atoms with Crippen molar-refractivity contribution in [3.8, 4) is 0 Å². The highest BCUT2D eigenvalue weighted by Gasteiger charge is 2.00. The summed E-state index contributed by atoms with van der Waals surface area (Å²) in [6, 6.07) is 13.2. The SMILES string of the molecule is CC(=O)Nc1cccc(C)c1.CCc1cccc(C)c1F. The monoisotopic (exact) mass is 287 g/mol. The Kier molecular flexibility index (Phi) is 6.60. The maximum Gasteiger partial charge on any atom is 0.221 e. The van der Waals surface area contributed by atoms with Gasteiger partial charge in [0.15, 0.2) is 0 Å². The van der Waals surface area contributed by atoms with Crippen LogP contribution >= 0.6 is 0 Å². The van der Waals surface area contributed by atoms with Crippen molar-refractivity contribution in [2.24, 2.45) is 0 Å². The molecule has 1 N–H and O–H groups in total. The zero-order valence-corrected chi connectivity index (χ0v) is 13.0. The van der Waals surface area contributed by atoms with Crippen molar-refractivity contribution in [3.63, 3.8) is 0 Å². The third kappa shape index (κ3) is 5.78. The van der Waals surface area contributed by atoms with Crippen molar-refractivity contribution in [3.05, 3.63) is 65.0 Å². The van der Waals surface area contributed by atoms with Crippen LogP contribution in [0.5, 0.6) is 0 Å². The van der Waals surface area contributed by atoms with E-state index >= 15 is 0 Å². The number of rotatable bonds is 2. The third-order valence-corrected chi connectivity index (χ3v) is 2.99. The molecule has 0 saturated carbocycles. The van der Waals surface area contributed by atoms with Crippen molar-refractivity contribution in [2.45, 2.75) is 34.1 Å². The van der Waals surface area contributed by atoms with Crippen molar-refractivity contribution in [1.29, 1.82) is 0 Å². The van der Waals surface area contributed by atoms with Crippen LogP contribution in [-0.4, -0.2) is 5.91 Å². The molecule has 2 nitrogen and oxygen atoms in total. The Morgan fingerprint density at radius 2 is 1.81 bits per heavy atom. The number of carbonyl (C=O) groups excluding carboxylic acids is 1. The molecule has 0 aromatic heterocycles. The first-order valence-electron chi connectivity index (χ1n) is 7.02. The minimum absolute atomic E-state index is 0.0319. The van der Waals surface area contributed by atoms with E-state index in [0.29, 0.717) is 0 Å². The van der Waals surface area contributed by atoms with Gasteiger partial charge in [0, 0.05) is 12.6 Å². The Morgan fingerprint density at radius 3 is 2.33 bits per heavy atom.